The molecule has 0 amide bonds. The number of hydrogen-bond acceptors (Lipinski definition) is 7. The molecular weight excluding hydrogens is 296 g/mol. The lowest BCUT2D eigenvalue weighted by Crippen LogP contribution is -2.23. The molecule has 9 heteroatoms. The molecule has 0 aromatic carbocycles. The quantitative estimate of drug-likeness (QED) is 0.774. The van der Waals surface area contributed by atoms with Crippen molar-refractivity contribution in [3.63, 3.8) is 0 Å². The molecule has 0 spiro atoms. The average molecular weight is 314 g/mol. The van der Waals surface area contributed by atoms with Crippen LogP contribution in [-0.2, 0) is 14.6 Å². The molecule has 3 heterocycles. The molecule has 0 bridgehead atoms. The Kier molecular flexibility index (Phi) is 3.70. The fraction of sp³-hybridized carbons (Fsp3) is 0.750. The number of ether oxygens (including phenoxy) is 1. The summed E-state index contributed by atoms with van der Waals surface area (Å²) in [7, 11) is -1.73. The first-order chi connectivity index (χ1) is 10.0. The van der Waals surface area contributed by atoms with E-state index in [0.717, 1.165) is 19.4 Å². The normalized spacial score (nSPS) is 27.9. The summed E-state index contributed by atoms with van der Waals surface area (Å²) in [5.41, 5.74) is 0.836. The van der Waals surface area contributed by atoms with Gasteiger partial charge < -0.3 is 10.1 Å². The standard InChI is InChI=1S/C12H18N4O4S/c1-20-12(17)10-11(9-3-2-5-13-9)16(15-14-10)8-4-6-21(18,19)7-8/h8-9,13H,2-7H2,1H3. The van der Waals surface area contributed by atoms with E-state index in [1.165, 1.54) is 7.11 Å². The van der Waals surface area contributed by atoms with Crippen LogP contribution in [0.3, 0.4) is 0 Å². The van der Waals surface area contributed by atoms with Gasteiger partial charge in [-0.1, -0.05) is 5.21 Å². The van der Waals surface area contributed by atoms with Gasteiger partial charge in [-0.3, -0.25) is 0 Å². The SMILES string of the molecule is COC(=O)c1nnn(C2CCS(=O)(=O)C2)c1C1CCCN1. The van der Waals surface area contributed by atoms with Crippen molar-refractivity contribution in [1.82, 2.24) is 20.3 Å². The average Bonchev–Trinajstić information content (AvgIpc) is 3.14. The number of rotatable bonds is 3. The highest BCUT2D eigenvalue weighted by atomic mass is 32.2. The molecule has 2 unspecified atom stereocenters. The predicted molar refractivity (Wildman–Crippen MR) is 73.6 cm³/mol. The Labute approximate surface area is 122 Å². The van der Waals surface area contributed by atoms with Gasteiger partial charge in [0.25, 0.3) is 0 Å². The van der Waals surface area contributed by atoms with Crippen molar-refractivity contribution in [2.24, 2.45) is 0 Å². The van der Waals surface area contributed by atoms with Crippen molar-refractivity contribution in [2.75, 3.05) is 25.2 Å². The van der Waals surface area contributed by atoms with Gasteiger partial charge in [0, 0.05) is 0 Å². The molecular formula is C12H18N4O4S. The van der Waals surface area contributed by atoms with Crippen LogP contribution in [0, 0.1) is 0 Å². The Morgan fingerprint density at radius 1 is 1.43 bits per heavy atom. The van der Waals surface area contributed by atoms with E-state index in [-0.39, 0.29) is 29.3 Å². The van der Waals surface area contributed by atoms with Crippen LogP contribution >= 0.6 is 0 Å². The van der Waals surface area contributed by atoms with Crippen molar-refractivity contribution in [3.05, 3.63) is 11.4 Å². The molecule has 116 valence electrons. The zero-order valence-electron chi connectivity index (χ0n) is 11.8. The van der Waals surface area contributed by atoms with Gasteiger partial charge >= 0.3 is 5.97 Å². The van der Waals surface area contributed by atoms with Crippen LogP contribution in [0.5, 0.6) is 0 Å². The summed E-state index contributed by atoms with van der Waals surface area (Å²) < 4.78 is 29.7. The molecule has 3 rings (SSSR count). The third-order valence-corrected chi connectivity index (χ3v) is 5.80. The molecule has 0 radical (unpaired) electrons. The molecule has 2 saturated heterocycles. The molecule has 2 aliphatic heterocycles. The Morgan fingerprint density at radius 2 is 2.24 bits per heavy atom. The van der Waals surface area contributed by atoms with Crippen LogP contribution in [0.1, 0.15) is 47.5 Å². The van der Waals surface area contributed by atoms with Crippen LogP contribution in [-0.4, -0.2) is 54.5 Å². The Balaban J connectivity index is 2.00. The third-order valence-electron chi connectivity index (χ3n) is 4.05. The van der Waals surface area contributed by atoms with E-state index < -0.39 is 15.8 Å². The van der Waals surface area contributed by atoms with Crippen molar-refractivity contribution in [2.45, 2.75) is 31.3 Å². The number of nitrogens with one attached hydrogen (secondary N) is 1. The zero-order valence-corrected chi connectivity index (χ0v) is 12.6. The number of methoxy groups -OCH3 is 1. The molecule has 21 heavy (non-hydrogen) atoms. The van der Waals surface area contributed by atoms with E-state index in [2.05, 4.69) is 15.6 Å². The van der Waals surface area contributed by atoms with E-state index in [1.54, 1.807) is 4.68 Å². The number of carbonyl (C=O) groups is 1. The van der Waals surface area contributed by atoms with Gasteiger partial charge in [-0.2, -0.15) is 0 Å². The largest absolute Gasteiger partial charge is 0.464 e. The van der Waals surface area contributed by atoms with Crippen LogP contribution in [0.2, 0.25) is 0 Å². The smallest absolute Gasteiger partial charge is 0.360 e. The number of hydrogen-bond donors (Lipinski definition) is 1. The van der Waals surface area contributed by atoms with Gasteiger partial charge in [-0.05, 0) is 25.8 Å². The number of sulfone groups is 1. The Bertz CT molecular complexity index is 648. The fourth-order valence-electron chi connectivity index (χ4n) is 3.02. The first-order valence-corrected chi connectivity index (χ1v) is 8.81. The van der Waals surface area contributed by atoms with Gasteiger partial charge in [-0.25, -0.2) is 17.9 Å². The number of nitrogens with zero attached hydrogens (tertiary/aromatic N) is 3. The van der Waals surface area contributed by atoms with Gasteiger partial charge in [-0.15, -0.1) is 5.10 Å². The summed E-state index contributed by atoms with van der Waals surface area (Å²) in [6.07, 6.45) is 2.38. The highest BCUT2D eigenvalue weighted by molar-refractivity contribution is 7.91. The first kappa shape index (κ1) is 14.5. The van der Waals surface area contributed by atoms with Crippen LogP contribution in [0.25, 0.3) is 0 Å². The molecule has 1 aromatic rings. The van der Waals surface area contributed by atoms with Gasteiger partial charge in [0.1, 0.15) is 0 Å². The summed E-state index contributed by atoms with van der Waals surface area (Å²) in [6.45, 7) is 0.861. The monoisotopic (exact) mass is 314 g/mol. The van der Waals surface area contributed by atoms with E-state index in [9.17, 15) is 13.2 Å². The van der Waals surface area contributed by atoms with Crippen LogP contribution in [0.15, 0.2) is 0 Å². The van der Waals surface area contributed by atoms with E-state index in [4.69, 9.17) is 4.74 Å². The molecule has 8 nitrogen and oxygen atoms in total. The maximum absolute atomic E-state index is 11.9. The third kappa shape index (κ3) is 2.67. The molecule has 0 aliphatic carbocycles. The second-order valence-electron chi connectivity index (χ2n) is 5.47. The molecule has 2 fully saturated rings. The first-order valence-electron chi connectivity index (χ1n) is 6.99. The fourth-order valence-corrected chi connectivity index (χ4v) is 4.72. The molecule has 1 aromatic heterocycles. The van der Waals surface area contributed by atoms with Crippen molar-refractivity contribution in [3.8, 4) is 0 Å². The summed E-state index contributed by atoms with van der Waals surface area (Å²) in [6, 6.07) is -0.282. The van der Waals surface area contributed by atoms with Crippen LogP contribution < -0.4 is 5.32 Å². The topological polar surface area (TPSA) is 103 Å². The maximum atomic E-state index is 11.9. The minimum atomic E-state index is -3.03. The second kappa shape index (κ2) is 5.38. The highest BCUT2D eigenvalue weighted by Gasteiger charge is 2.36. The van der Waals surface area contributed by atoms with E-state index in [0.29, 0.717) is 12.1 Å². The van der Waals surface area contributed by atoms with E-state index >= 15 is 0 Å². The van der Waals surface area contributed by atoms with Crippen LogP contribution in [0.4, 0.5) is 0 Å². The lowest BCUT2D eigenvalue weighted by Gasteiger charge is -2.17. The summed E-state index contributed by atoms with van der Waals surface area (Å²) >= 11 is 0. The van der Waals surface area contributed by atoms with Crippen molar-refractivity contribution >= 4 is 15.8 Å². The van der Waals surface area contributed by atoms with E-state index in [1.807, 2.05) is 0 Å². The number of carbonyl (C=O) groups excluding carboxylic acids is 1. The molecule has 1 N–H and O–H groups in total. The van der Waals surface area contributed by atoms with Crippen molar-refractivity contribution in [1.29, 1.82) is 0 Å². The number of aromatic nitrogens is 3. The minimum absolute atomic E-state index is 0.0302. The zero-order chi connectivity index (χ0) is 15.0. The maximum Gasteiger partial charge on any atom is 0.360 e. The molecule has 0 saturated carbocycles. The molecule has 2 atom stereocenters. The summed E-state index contributed by atoms with van der Waals surface area (Å²) in [4.78, 5) is 11.9. The summed E-state index contributed by atoms with van der Waals surface area (Å²) in [5, 5.41) is 11.3. The van der Waals surface area contributed by atoms with Crippen molar-refractivity contribution < 1.29 is 17.9 Å². The Morgan fingerprint density at radius 3 is 2.81 bits per heavy atom. The number of esters is 1. The second-order valence-corrected chi connectivity index (χ2v) is 7.69. The minimum Gasteiger partial charge on any atom is -0.464 e. The molecule has 2 aliphatic rings. The van der Waals surface area contributed by atoms with Gasteiger partial charge in [0.15, 0.2) is 15.5 Å². The predicted octanol–water partition coefficient (Wildman–Crippen LogP) is -0.151. The Hall–Kier alpha value is -1.48. The lowest BCUT2D eigenvalue weighted by atomic mass is 10.1. The van der Waals surface area contributed by atoms with Gasteiger partial charge in [0.2, 0.25) is 0 Å². The highest BCUT2D eigenvalue weighted by Crippen LogP contribution is 2.31. The summed E-state index contributed by atoms with van der Waals surface area (Å²) in [5.74, 6) is -0.329. The lowest BCUT2D eigenvalue weighted by molar-refractivity contribution is 0.0591. The van der Waals surface area contributed by atoms with Gasteiger partial charge in [0.05, 0.1) is 36.4 Å².